The summed E-state index contributed by atoms with van der Waals surface area (Å²) in [6, 6.07) is -0.566. The molecule has 14 heavy (non-hydrogen) atoms. The van der Waals surface area contributed by atoms with Gasteiger partial charge in [-0.3, -0.25) is 9.59 Å². The Morgan fingerprint density at radius 2 is 2.21 bits per heavy atom. The van der Waals surface area contributed by atoms with Crippen molar-refractivity contribution >= 4 is 43.6 Å². The van der Waals surface area contributed by atoms with E-state index in [4.69, 9.17) is 0 Å². The first-order chi connectivity index (χ1) is 6.44. The number of rotatable bonds is 0. The molecule has 1 amide bonds. The Morgan fingerprint density at radius 3 is 2.86 bits per heavy atom. The molecule has 0 bridgehead atoms. The maximum atomic E-state index is 11.5. The fourth-order valence-corrected chi connectivity index (χ4v) is 3.54. The Bertz CT molecular complexity index is 354. The van der Waals surface area contributed by atoms with Crippen molar-refractivity contribution in [3.8, 4) is 0 Å². The van der Waals surface area contributed by atoms with Crippen LogP contribution >= 0.6 is 31.9 Å². The highest BCUT2D eigenvalue weighted by Crippen LogP contribution is 2.37. The van der Waals surface area contributed by atoms with Crippen LogP contribution in [0.15, 0.2) is 10.6 Å². The van der Waals surface area contributed by atoms with Crippen LogP contribution in [0.4, 0.5) is 0 Å². The predicted molar refractivity (Wildman–Crippen MR) is 56.2 cm³/mol. The van der Waals surface area contributed by atoms with E-state index in [1.165, 1.54) is 6.08 Å². The fourth-order valence-electron chi connectivity index (χ4n) is 1.76. The third-order valence-corrected chi connectivity index (χ3v) is 4.02. The molecular weight excluding hydrogens is 318 g/mol. The van der Waals surface area contributed by atoms with E-state index in [0.29, 0.717) is 4.48 Å². The van der Waals surface area contributed by atoms with Crippen LogP contribution in [0.25, 0.3) is 0 Å². The van der Waals surface area contributed by atoms with E-state index < -0.39 is 16.5 Å². The highest BCUT2D eigenvalue weighted by atomic mass is 79.9. The third-order valence-electron chi connectivity index (χ3n) is 2.45. The molecule has 2 N–H and O–H groups in total. The molecule has 1 saturated heterocycles. The minimum absolute atomic E-state index is 0.00213. The highest BCUT2D eigenvalue weighted by molar-refractivity contribution is 9.12. The smallest absolute Gasteiger partial charge is 0.223 e. The number of alkyl halides is 1. The van der Waals surface area contributed by atoms with E-state index in [1.807, 2.05) is 0 Å². The third kappa shape index (κ3) is 1.36. The number of Topliss-reactive ketones (excluding diaryl/α,β-unsaturated/α-hetero) is 1. The largest absolute Gasteiger partial charge is 0.383 e. The van der Waals surface area contributed by atoms with Crippen molar-refractivity contribution in [3.05, 3.63) is 10.6 Å². The standard InChI is InChI=1S/C8H7Br2NO3/c9-3-1-8(14)2-4(12)11-7(8)5(10)6(3)13/h1,5,7,14H,2H2,(H,11,12). The Kier molecular flexibility index (Phi) is 2.32. The van der Waals surface area contributed by atoms with E-state index in [1.54, 1.807) is 0 Å². The van der Waals surface area contributed by atoms with Crippen molar-refractivity contribution in [2.45, 2.75) is 22.9 Å². The number of nitrogens with one attached hydrogen (secondary N) is 1. The van der Waals surface area contributed by atoms with Crippen LogP contribution in [0.2, 0.25) is 0 Å². The summed E-state index contributed by atoms with van der Waals surface area (Å²) in [6.45, 7) is 0. The lowest BCUT2D eigenvalue weighted by Gasteiger charge is -2.32. The van der Waals surface area contributed by atoms with Crippen molar-refractivity contribution in [2.24, 2.45) is 0 Å². The summed E-state index contributed by atoms with van der Waals surface area (Å²) in [7, 11) is 0. The van der Waals surface area contributed by atoms with E-state index >= 15 is 0 Å². The van der Waals surface area contributed by atoms with Gasteiger partial charge < -0.3 is 10.4 Å². The lowest BCUT2D eigenvalue weighted by molar-refractivity contribution is -0.120. The van der Waals surface area contributed by atoms with Crippen LogP contribution in [-0.2, 0) is 9.59 Å². The number of ketones is 1. The molecule has 1 fully saturated rings. The van der Waals surface area contributed by atoms with Gasteiger partial charge >= 0.3 is 0 Å². The van der Waals surface area contributed by atoms with Crippen molar-refractivity contribution in [3.63, 3.8) is 0 Å². The minimum atomic E-state index is -1.25. The molecular formula is C8H7Br2NO3. The number of carbonyl (C=O) groups is 2. The van der Waals surface area contributed by atoms with Gasteiger partial charge in [0.2, 0.25) is 5.91 Å². The van der Waals surface area contributed by atoms with Crippen molar-refractivity contribution in [1.29, 1.82) is 0 Å². The lowest BCUT2D eigenvalue weighted by Crippen LogP contribution is -2.53. The van der Waals surface area contributed by atoms with Crippen molar-refractivity contribution < 1.29 is 14.7 Å². The molecule has 3 unspecified atom stereocenters. The van der Waals surface area contributed by atoms with Gasteiger partial charge in [-0.05, 0) is 22.0 Å². The van der Waals surface area contributed by atoms with Gasteiger partial charge in [0.05, 0.1) is 16.9 Å². The molecule has 76 valence electrons. The number of allylic oxidation sites excluding steroid dienone is 1. The lowest BCUT2D eigenvalue weighted by atomic mass is 9.86. The van der Waals surface area contributed by atoms with Crippen LogP contribution in [0.1, 0.15) is 6.42 Å². The molecule has 0 radical (unpaired) electrons. The second-order valence-corrected chi connectivity index (χ2v) is 5.31. The summed E-state index contributed by atoms with van der Waals surface area (Å²) in [5, 5.41) is 12.6. The molecule has 1 aliphatic heterocycles. The number of carbonyl (C=O) groups excluding carboxylic acids is 2. The van der Waals surface area contributed by atoms with E-state index in [9.17, 15) is 14.7 Å². The Morgan fingerprint density at radius 1 is 1.57 bits per heavy atom. The minimum Gasteiger partial charge on any atom is -0.383 e. The van der Waals surface area contributed by atoms with Crippen LogP contribution in [0.5, 0.6) is 0 Å². The number of hydrogen-bond acceptors (Lipinski definition) is 3. The van der Waals surface area contributed by atoms with Gasteiger partial charge in [-0.1, -0.05) is 15.9 Å². The zero-order valence-electron chi connectivity index (χ0n) is 6.96. The second-order valence-electron chi connectivity index (χ2n) is 3.47. The van der Waals surface area contributed by atoms with Gasteiger partial charge in [0.1, 0.15) is 10.4 Å². The molecule has 1 aliphatic carbocycles. The Labute approximate surface area is 97.0 Å². The van der Waals surface area contributed by atoms with Crippen molar-refractivity contribution in [2.75, 3.05) is 0 Å². The number of fused-ring (bicyclic) bond motifs is 1. The normalized spacial score (nSPS) is 41.8. The first-order valence-electron chi connectivity index (χ1n) is 4.02. The Balaban J connectivity index is 2.45. The highest BCUT2D eigenvalue weighted by Gasteiger charge is 2.52. The van der Waals surface area contributed by atoms with E-state index in [2.05, 4.69) is 37.2 Å². The summed E-state index contributed by atoms with van der Waals surface area (Å²) in [6.07, 6.45) is 1.40. The first-order valence-corrected chi connectivity index (χ1v) is 5.73. The summed E-state index contributed by atoms with van der Waals surface area (Å²) in [5.41, 5.74) is -1.25. The monoisotopic (exact) mass is 323 g/mol. The van der Waals surface area contributed by atoms with E-state index in [0.717, 1.165) is 0 Å². The van der Waals surface area contributed by atoms with Gasteiger partial charge in [0, 0.05) is 0 Å². The first kappa shape index (κ1) is 10.3. The molecule has 2 aliphatic rings. The molecule has 0 saturated carbocycles. The average Bonchev–Trinajstić information content (AvgIpc) is 2.37. The van der Waals surface area contributed by atoms with Gasteiger partial charge in [-0.15, -0.1) is 0 Å². The van der Waals surface area contributed by atoms with Gasteiger partial charge in [0.25, 0.3) is 0 Å². The Hall–Kier alpha value is -0.200. The predicted octanol–water partition coefficient (Wildman–Crippen LogP) is 0.231. The molecule has 0 aromatic heterocycles. The summed E-state index contributed by atoms with van der Waals surface area (Å²) < 4.78 is 0.314. The summed E-state index contributed by atoms with van der Waals surface area (Å²) >= 11 is 6.24. The molecule has 0 aromatic rings. The summed E-state index contributed by atoms with van der Waals surface area (Å²) in [5.74, 6) is -0.407. The maximum absolute atomic E-state index is 11.5. The van der Waals surface area contributed by atoms with Gasteiger partial charge in [-0.2, -0.15) is 0 Å². The van der Waals surface area contributed by atoms with Crippen LogP contribution < -0.4 is 5.32 Å². The fraction of sp³-hybridized carbons (Fsp3) is 0.500. The SMILES string of the molecule is O=C1CC2(O)C=C(Br)C(=O)C(Br)C2N1. The quantitative estimate of drug-likeness (QED) is 0.627. The summed E-state index contributed by atoms with van der Waals surface area (Å²) in [4.78, 5) is 22.0. The van der Waals surface area contributed by atoms with Gasteiger partial charge in [-0.25, -0.2) is 0 Å². The van der Waals surface area contributed by atoms with Crippen molar-refractivity contribution in [1.82, 2.24) is 5.32 Å². The van der Waals surface area contributed by atoms with Crippen LogP contribution in [0, 0.1) is 0 Å². The second kappa shape index (κ2) is 3.15. The maximum Gasteiger partial charge on any atom is 0.223 e. The molecule has 6 heteroatoms. The molecule has 4 nitrogen and oxygen atoms in total. The van der Waals surface area contributed by atoms with Gasteiger partial charge in [0.15, 0.2) is 5.78 Å². The average molecular weight is 325 g/mol. The molecule has 1 heterocycles. The zero-order chi connectivity index (χ0) is 10.5. The number of aliphatic hydroxyl groups is 1. The molecule has 0 aromatic carbocycles. The molecule has 0 spiro atoms. The van der Waals surface area contributed by atoms with Crippen LogP contribution in [-0.4, -0.2) is 33.3 Å². The van der Waals surface area contributed by atoms with E-state index in [-0.39, 0.29) is 18.1 Å². The topological polar surface area (TPSA) is 66.4 Å². The van der Waals surface area contributed by atoms with Crippen LogP contribution in [0.3, 0.4) is 0 Å². The molecule has 3 atom stereocenters. The number of hydrogen-bond donors (Lipinski definition) is 2. The molecule has 2 rings (SSSR count). The number of halogens is 2. The zero-order valence-corrected chi connectivity index (χ0v) is 10.1. The number of amides is 1.